The summed E-state index contributed by atoms with van der Waals surface area (Å²) in [4.78, 5) is 42.9. The number of rotatable bonds is 8. The molecular formula is C25H26N4O5. The Morgan fingerprint density at radius 1 is 1.06 bits per heavy atom. The first-order valence-corrected chi connectivity index (χ1v) is 11.1. The van der Waals surface area contributed by atoms with Crippen LogP contribution in [0.4, 0.5) is 0 Å². The molecule has 0 spiro atoms. The van der Waals surface area contributed by atoms with Crippen molar-refractivity contribution < 1.29 is 24.6 Å². The Balaban J connectivity index is 1.50. The Bertz CT molecular complexity index is 1190. The number of aliphatic hydroxyl groups excluding tert-OH is 1. The van der Waals surface area contributed by atoms with Crippen molar-refractivity contribution in [3.63, 3.8) is 0 Å². The molecule has 3 N–H and O–H groups in total. The number of aromatic carboxylic acids is 1. The molecule has 2 aromatic carbocycles. The number of imidazole rings is 1. The third-order valence-corrected chi connectivity index (χ3v) is 5.81. The summed E-state index contributed by atoms with van der Waals surface area (Å²) in [6.45, 7) is 1.04. The van der Waals surface area contributed by atoms with Gasteiger partial charge in [0.1, 0.15) is 17.6 Å². The smallest absolute Gasteiger partial charge is 0.335 e. The highest BCUT2D eigenvalue weighted by Gasteiger charge is 2.34. The highest BCUT2D eigenvalue weighted by molar-refractivity contribution is 5.92. The maximum absolute atomic E-state index is 12.8. The number of carbonyl (C=O) groups excluding carboxylic acids is 2. The molecule has 1 aliphatic heterocycles. The molecule has 2 amide bonds. The van der Waals surface area contributed by atoms with Crippen molar-refractivity contribution in [2.75, 3.05) is 19.7 Å². The second-order valence-corrected chi connectivity index (χ2v) is 8.06. The minimum atomic E-state index is -0.992. The van der Waals surface area contributed by atoms with Crippen molar-refractivity contribution in [1.29, 1.82) is 0 Å². The Morgan fingerprint density at radius 3 is 2.59 bits per heavy atom. The molecule has 0 bridgehead atoms. The zero-order valence-electron chi connectivity index (χ0n) is 18.6. The van der Waals surface area contributed by atoms with Gasteiger partial charge in [-0.2, -0.15) is 0 Å². The first kappa shape index (κ1) is 23.2. The molecule has 1 aliphatic rings. The van der Waals surface area contributed by atoms with Crippen molar-refractivity contribution >= 4 is 17.8 Å². The molecule has 1 aromatic heterocycles. The lowest BCUT2D eigenvalue weighted by molar-refractivity contribution is -0.134. The van der Waals surface area contributed by atoms with Crippen LogP contribution in [0, 0.1) is 0 Å². The van der Waals surface area contributed by atoms with Crippen LogP contribution in [0.3, 0.4) is 0 Å². The topological polar surface area (TPSA) is 125 Å². The molecule has 9 heteroatoms. The van der Waals surface area contributed by atoms with E-state index in [2.05, 4.69) is 10.3 Å². The fraction of sp³-hybridized carbons (Fsp3) is 0.280. The van der Waals surface area contributed by atoms with Gasteiger partial charge in [0.15, 0.2) is 0 Å². The highest BCUT2D eigenvalue weighted by atomic mass is 16.4. The summed E-state index contributed by atoms with van der Waals surface area (Å²) in [5, 5.41) is 21.2. The van der Waals surface area contributed by atoms with E-state index in [4.69, 9.17) is 5.11 Å². The zero-order chi connectivity index (χ0) is 24.1. The van der Waals surface area contributed by atoms with Crippen LogP contribution in [0.1, 0.15) is 50.3 Å². The van der Waals surface area contributed by atoms with Crippen LogP contribution in [0.5, 0.6) is 0 Å². The van der Waals surface area contributed by atoms with Crippen LogP contribution in [0.2, 0.25) is 0 Å². The molecule has 34 heavy (non-hydrogen) atoms. The first-order chi connectivity index (χ1) is 16.5. The number of carboxylic acid groups (broad SMARTS) is 1. The molecule has 1 unspecified atom stereocenters. The molecule has 0 saturated carbocycles. The highest BCUT2D eigenvalue weighted by Crippen LogP contribution is 2.32. The summed E-state index contributed by atoms with van der Waals surface area (Å²) >= 11 is 0. The minimum Gasteiger partial charge on any atom is -0.478 e. The summed E-state index contributed by atoms with van der Waals surface area (Å²) in [6, 6.07) is 15.7. The molecule has 0 radical (unpaired) electrons. The van der Waals surface area contributed by atoms with Crippen molar-refractivity contribution in [2.45, 2.75) is 25.4 Å². The molecule has 0 fully saturated rings. The van der Waals surface area contributed by atoms with Crippen LogP contribution in [0.15, 0.2) is 60.8 Å². The van der Waals surface area contributed by atoms with E-state index in [1.54, 1.807) is 23.2 Å². The Hall–Kier alpha value is -3.98. The molecule has 1 atom stereocenters. The van der Waals surface area contributed by atoms with Crippen LogP contribution < -0.4 is 5.32 Å². The predicted molar refractivity (Wildman–Crippen MR) is 123 cm³/mol. The van der Waals surface area contributed by atoms with Gasteiger partial charge in [-0.3, -0.25) is 9.59 Å². The number of aliphatic hydroxyl groups is 1. The van der Waals surface area contributed by atoms with Crippen molar-refractivity contribution in [1.82, 2.24) is 19.8 Å². The van der Waals surface area contributed by atoms with Gasteiger partial charge >= 0.3 is 5.97 Å². The van der Waals surface area contributed by atoms with E-state index in [0.29, 0.717) is 31.9 Å². The number of nitrogens with zero attached hydrogens (tertiary/aromatic N) is 3. The molecule has 9 nitrogen and oxygen atoms in total. The number of hydrogen-bond donors (Lipinski definition) is 3. The van der Waals surface area contributed by atoms with Crippen LogP contribution in [-0.2, 0) is 17.8 Å². The monoisotopic (exact) mass is 462 g/mol. The Labute approximate surface area is 196 Å². The number of carboxylic acids is 1. The molecule has 0 aliphatic carbocycles. The van der Waals surface area contributed by atoms with Gasteiger partial charge in [0.05, 0.1) is 12.2 Å². The van der Waals surface area contributed by atoms with E-state index < -0.39 is 12.0 Å². The van der Waals surface area contributed by atoms with E-state index in [1.807, 2.05) is 41.0 Å². The number of benzene rings is 2. The van der Waals surface area contributed by atoms with E-state index in [-0.39, 0.29) is 36.1 Å². The Kier molecular flexibility index (Phi) is 7.03. The number of carbonyl (C=O) groups is 3. The van der Waals surface area contributed by atoms with E-state index in [1.165, 1.54) is 6.07 Å². The summed E-state index contributed by atoms with van der Waals surface area (Å²) in [7, 11) is 0. The molecule has 176 valence electrons. The molecular weight excluding hydrogens is 436 g/mol. The average molecular weight is 463 g/mol. The SMILES string of the molecule is O=C(O)c1cccc(CCNC(=O)c2cn3c(n2)C(c2ccccc2)N(C(=O)CCO)CC3)c1. The number of aromatic nitrogens is 2. The summed E-state index contributed by atoms with van der Waals surface area (Å²) in [6.07, 6.45) is 2.20. The van der Waals surface area contributed by atoms with Crippen molar-refractivity contribution in [2.24, 2.45) is 0 Å². The second kappa shape index (κ2) is 10.3. The maximum Gasteiger partial charge on any atom is 0.335 e. The van der Waals surface area contributed by atoms with Gasteiger partial charge in [0.25, 0.3) is 5.91 Å². The summed E-state index contributed by atoms with van der Waals surface area (Å²) < 4.78 is 1.89. The molecule has 0 saturated heterocycles. The quantitative estimate of drug-likeness (QED) is 0.469. The lowest BCUT2D eigenvalue weighted by Crippen LogP contribution is -2.43. The molecule has 2 heterocycles. The fourth-order valence-electron chi connectivity index (χ4n) is 4.16. The fourth-order valence-corrected chi connectivity index (χ4v) is 4.16. The minimum absolute atomic E-state index is 0.0282. The maximum atomic E-state index is 12.8. The summed E-state index contributed by atoms with van der Waals surface area (Å²) in [5.74, 6) is -0.895. The largest absolute Gasteiger partial charge is 0.478 e. The molecule has 3 aromatic rings. The summed E-state index contributed by atoms with van der Waals surface area (Å²) in [5.41, 5.74) is 2.15. The van der Waals surface area contributed by atoms with Crippen molar-refractivity contribution in [3.8, 4) is 0 Å². The molecule has 4 rings (SSSR count). The lowest BCUT2D eigenvalue weighted by Gasteiger charge is -2.36. The van der Waals surface area contributed by atoms with E-state index in [0.717, 1.165) is 11.1 Å². The van der Waals surface area contributed by atoms with E-state index >= 15 is 0 Å². The average Bonchev–Trinajstić information content (AvgIpc) is 3.29. The predicted octanol–water partition coefficient (Wildman–Crippen LogP) is 1.87. The second-order valence-electron chi connectivity index (χ2n) is 8.06. The van der Waals surface area contributed by atoms with Gasteiger partial charge in [-0.15, -0.1) is 0 Å². The van der Waals surface area contributed by atoms with Gasteiger partial charge in [0, 0.05) is 32.3 Å². The standard InChI is InChI=1S/C25H26N4O5/c30-14-10-21(31)29-13-12-28-16-20(27-23(28)22(29)18-6-2-1-3-7-18)24(32)26-11-9-17-5-4-8-19(15-17)25(33)34/h1-8,15-16,22,30H,9-14H2,(H,26,32)(H,33,34). The zero-order valence-corrected chi connectivity index (χ0v) is 18.6. The van der Waals surface area contributed by atoms with Crippen LogP contribution in [-0.4, -0.2) is 62.1 Å². The van der Waals surface area contributed by atoms with Crippen molar-refractivity contribution in [3.05, 3.63) is 89.0 Å². The number of amides is 2. The lowest BCUT2D eigenvalue weighted by atomic mass is 10.0. The van der Waals surface area contributed by atoms with Crippen LogP contribution >= 0.6 is 0 Å². The van der Waals surface area contributed by atoms with Crippen LogP contribution in [0.25, 0.3) is 0 Å². The number of fused-ring (bicyclic) bond motifs is 1. The third-order valence-electron chi connectivity index (χ3n) is 5.81. The van der Waals surface area contributed by atoms with Gasteiger partial charge in [-0.25, -0.2) is 9.78 Å². The number of hydrogen-bond acceptors (Lipinski definition) is 5. The van der Waals surface area contributed by atoms with Gasteiger partial charge in [-0.05, 0) is 29.7 Å². The number of nitrogens with one attached hydrogen (secondary N) is 1. The van der Waals surface area contributed by atoms with Gasteiger partial charge in [-0.1, -0.05) is 42.5 Å². The van der Waals surface area contributed by atoms with Gasteiger partial charge < -0.3 is 25.0 Å². The normalized spacial score (nSPS) is 15.0. The van der Waals surface area contributed by atoms with Gasteiger partial charge in [0.2, 0.25) is 5.91 Å². The Morgan fingerprint density at radius 2 is 1.85 bits per heavy atom. The third kappa shape index (κ3) is 4.99. The first-order valence-electron chi connectivity index (χ1n) is 11.1. The van der Waals surface area contributed by atoms with E-state index in [9.17, 15) is 19.5 Å².